The molecule has 3 amide bonds. The lowest BCUT2D eigenvalue weighted by Crippen LogP contribution is -2.50. The number of carbonyl (C=O) groups excluding carboxylic acids is 2. The summed E-state index contributed by atoms with van der Waals surface area (Å²) in [7, 11) is -4.92. The van der Waals surface area contributed by atoms with E-state index in [9.17, 15) is 31.2 Å². The summed E-state index contributed by atoms with van der Waals surface area (Å²) in [5, 5.41) is 10.7. The fraction of sp³-hybridized carbons (Fsp3) is 0.429. The molecule has 11 nitrogen and oxygen atoms in total. The largest absolute Gasteiger partial charge is 0.418 e. The summed E-state index contributed by atoms with van der Waals surface area (Å²) in [4.78, 5) is 29.0. The molecule has 15 heteroatoms. The van der Waals surface area contributed by atoms with Gasteiger partial charge in [0.2, 0.25) is 0 Å². The molecule has 3 N–H and O–H groups in total. The number of rotatable bonds is 4. The van der Waals surface area contributed by atoms with Crippen molar-refractivity contribution in [1.82, 2.24) is 20.3 Å². The highest BCUT2D eigenvalue weighted by Gasteiger charge is 2.48. The van der Waals surface area contributed by atoms with E-state index in [4.69, 9.17) is 9.96 Å². The highest BCUT2D eigenvalue weighted by Crippen LogP contribution is 2.31. The zero-order valence-electron chi connectivity index (χ0n) is 14.4. The van der Waals surface area contributed by atoms with Crippen LogP contribution in [-0.4, -0.2) is 64.3 Å². The van der Waals surface area contributed by atoms with Gasteiger partial charge in [0, 0.05) is 12.7 Å². The Bertz CT molecular complexity index is 951. The molecule has 29 heavy (non-hydrogen) atoms. The van der Waals surface area contributed by atoms with Gasteiger partial charge in [-0.2, -0.15) is 26.7 Å². The molecule has 1 aromatic rings. The lowest BCUT2D eigenvalue weighted by atomic mass is 10.00. The Morgan fingerprint density at radius 3 is 2.59 bits per heavy atom. The van der Waals surface area contributed by atoms with Crippen LogP contribution in [0, 0.1) is 5.41 Å². The van der Waals surface area contributed by atoms with Crippen LogP contribution in [0.4, 0.5) is 18.0 Å². The minimum atomic E-state index is -4.92. The SMILES string of the molecule is N=C(NC(=O)c1ccc(C(F)(F)F)cn1)[C@@H]1CC[C@@H]2CN1C(=O)N2OS(=O)(=O)O. The van der Waals surface area contributed by atoms with Gasteiger partial charge in [-0.25, -0.2) is 4.79 Å². The number of hydroxylamine groups is 2. The predicted octanol–water partition coefficient (Wildman–Crippen LogP) is 0.810. The summed E-state index contributed by atoms with van der Waals surface area (Å²) < 4.78 is 72.4. The molecular formula is C14H14F3N5O6S. The van der Waals surface area contributed by atoms with Crippen molar-refractivity contribution >= 4 is 28.2 Å². The van der Waals surface area contributed by atoms with E-state index in [0.29, 0.717) is 17.3 Å². The summed E-state index contributed by atoms with van der Waals surface area (Å²) >= 11 is 0. The summed E-state index contributed by atoms with van der Waals surface area (Å²) in [5.74, 6) is -1.36. The first-order valence-corrected chi connectivity index (χ1v) is 9.43. The molecule has 158 valence electrons. The molecule has 2 bridgehead atoms. The van der Waals surface area contributed by atoms with Gasteiger partial charge in [0.05, 0.1) is 17.6 Å². The minimum Gasteiger partial charge on any atom is -0.310 e. The standard InChI is InChI=1S/C14H14F3N5O6S/c15-14(16,17)7-1-3-9(19-5-7)12(23)20-11(18)10-4-2-8-6-21(10)13(24)22(8)28-29(25,26)27/h1,3,5,8,10H,2,4,6H2,(H2,18,20,23)(H,25,26,27)/t8-,10+/m1/s1. The number of alkyl halides is 3. The number of urea groups is 1. The molecule has 0 aliphatic carbocycles. The molecule has 2 fully saturated rings. The molecular weight excluding hydrogens is 423 g/mol. The van der Waals surface area contributed by atoms with Gasteiger partial charge in [-0.3, -0.25) is 19.7 Å². The molecule has 2 aliphatic heterocycles. The van der Waals surface area contributed by atoms with E-state index in [-0.39, 0.29) is 25.1 Å². The number of amides is 3. The third kappa shape index (κ3) is 4.46. The van der Waals surface area contributed by atoms with Crippen LogP contribution in [0.15, 0.2) is 18.3 Å². The third-order valence-corrected chi connectivity index (χ3v) is 4.75. The third-order valence-electron chi connectivity index (χ3n) is 4.40. The molecule has 2 aliphatic rings. The highest BCUT2D eigenvalue weighted by molar-refractivity contribution is 7.80. The van der Waals surface area contributed by atoms with E-state index < -0.39 is 52.0 Å². The van der Waals surface area contributed by atoms with Crippen molar-refractivity contribution in [3.63, 3.8) is 0 Å². The van der Waals surface area contributed by atoms with Crippen molar-refractivity contribution in [3.05, 3.63) is 29.6 Å². The monoisotopic (exact) mass is 437 g/mol. The van der Waals surface area contributed by atoms with E-state index in [0.717, 1.165) is 11.0 Å². The van der Waals surface area contributed by atoms with Crippen LogP contribution < -0.4 is 5.32 Å². The van der Waals surface area contributed by atoms with Crippen molar-refractivity contribution in [2.75, 3.05) is 6.54 Å². The maximum atomic E-state index is 12.6. The summed E-state index contributed by atoms with van der Waals surface area (Å²) in [5.41, 5.74) is -1.40. The van der Waals surface area contributed by atoms with E-state index in [1.807, 2.05) is 0 Å². The van der Waals surface area contributed by atoms with Crippen LogP contribution in [0.3, 0.4) is 0 Å². The zero-order chi connectivity index (χ0) is 21.6. The summed E-state index contributed by atoms with van der Waals surface area (Å²) in [6.07, 6.45) is -3.72. The van der Waals surface area contributed by atoms with E-state index in [1.54, 1.807) is 0 Å². The number of hydrogen-bond acceptors (Lipinski definition) is 7. The van der Waals surface area contributed by atoms with Crippen molar-refractivity contribution in [2.45, 2.75) is 31.1 Å². The predicted molar refractivity (Wildman–Crippen MR) is 87.8 cm³/mol. The number of hydrogen-bond donors (Lipinski definition) is 3. The van der Waals surface area contributed by atoms with E-state index in [1.165, 1.54) is 0 Å². The Morgan fingerprint density at radius 2 is 2.03 bits per heavy atom. The van der Waals surface area contributed by atoms with Gasteiger partial charge in [-0.05, 0) is 25.0 Å². The van der Waals surface area contributed by atoms with Crippen molar-refractivity contribution in [1.29, 1.82) is 5.41 Å². The molecule has 2 saturated heterocycles. The topological polar surface area (TPSA) is 153 Å². The number of fused-ring (bicyclic) bond motifs is 2. The van der Waals surface area contributed by atoms with Gasteiger partial charge < -0.3 is 10.2 Å². The molecule has 0 saturated carbocycles. The molecule has 0 radical (unpaired) electrons. The van der Waals surface area contributed by atoms with Crippen LogP contribution >= 0.6 is 0 Å². The second-order valence-corrected chi connectivity index (χ2v) is 7.31. The average Bonchev–Trinajstić information content (AvgIpc) is 2.84. The number of nitrogens with zero attached hydrogens (tertiary/aromatic N) is 3. The van der Waals surface area contributed by atoms with Gasteiger partial charge in [0.1, 0.15) is 11.5 Å². The Balaban J connectivity index is 1.67. The molecule has 2 atom stereocenters. The zero-order valence-corrected chi connectivity index (χ0v) is 15.2. The fourth-order valence-electron chi connectivity index (χ4n) is 3.10. The number of pyridine rings is 1. The molecule has 0 aromatic carbocycles. The van der Waals surface area contributed by atoms with Crippen LogP contribution in [0.5, 0.6) is 0 Å². The maximum Gasteiger partial charge on any atom is 0.418 e. The second kappa shape index (κ2) is 7.23. The molecule has 0 spiro atoms. The van der Waals surface area contributed by atoms with Gasteiger partial charge in [0.25, 0.3) is 5.91 Å². The molecule has 0 unspecified atom stereocenters. The number of aromatic nitrogens is 1. The Labute approximate surface area is 161 Å². The molecule has 3 heterocycles. The first-order valence-electron chi connectivity index (χ1n) is 8.06. The first kappa shape index (κ1) is 20.9. The number of halogens is 3. The minimum absolute atomic E-state index is 0.00417. The Hall–Kier alpha value is -2.78. The maximum absolute atomic E-state index is 12.6. The molecule has 3 rings (SSSR count). The number of amidine groups is 1. The second-order valence-electron chi connectivity index (χ2n) is 6.31. The number of carbonyl (C=O) groups is 2. The van der Waals surface area contributed by atoms with Crippen LogP contribution in [0.2, 0.25) is 0 Å². The Kier molecular flexibility index (Phi) is 5.22. The lowest BCUT2D eigenvalue weighted by Gasteiger charge is -2.30. The lowest BCUT2D eigenvalue weighted by molar-refractivity contribution is -0.137. The quantitative estimate of drug-likeness (QED) is 0.358. The van der Waals surface area contributed by atoms with Crippen molar-refractivity contribution in [3.8, 4) is 0 Å². The smallest absolute Gasteiger partial charge is 0.310 e. The van der Waals surface area contributed by atoms with E-state index in [2.05, 4.69) is 14.6 Å². The fourth-order valence-corrected chi connectivity index (χ4v) is 3.49. The van der Waals surface area contributed by atoms with Crippen LogP contribution in [-0.2, 0) is 20.9 Å². The van der Waals surface area contributed by atoms with Crippen molar-refractivity contribution in [2.24, 2.45) is 0 Å². The first-order chi connectivity index (χ1) is 13.4. The normalized spacial score (nSPS) is 22.0. The van der Waals surface area contributed by atoms with Crippen LogP contribution in [0.1, 0.15) is 28.9 Å². The summed E-state index contributed by atoms with van der Waals surface area (Å²) in [6.45, 7) is -0.00417. The highest BCUT2D eigenvalue weighted by atomic mass is 32.3. The number of piperidine rings is 1. The van der Waals surface area contributed by atoms with Crippen molar-refractivity contribution < 1.29 is 40.0 Å². The van der Waals surface area contributed by atoms with Gasteiger partial charge in [0.15, 0.2) is 0 Å². The van der Waals surface area contributed by atoms with Gasteiger partial charge in [-0.15, -0.1) is 4.28 Å². The van der Waals surface area contributed by atoms with Gasteiger partial charge in [-0.1, -0.05) is 0 Å². The van der Waals surface area contributed by atoms with E-state index >= 15 is 0 Å². The molecule has 1 aromatic heterocycles. The summed E-state index contributed by atoms with van der Waals surface area (Å²) in [6, 6.07) is -0.981. The Morgan fingerprint density at radius 1 is 1.34 bits per heavy atom. The average molecular weight is 437 g/mol. The van der Waals surface area contributed by atoms with Gasteiger partial charge >= 0.3 is 22.6 Å². The van der Waals surface area contributed by atoms with Crippen LogP contribution in [0.25, 0.3) is 0 Å². The number of nitrogens with one attached hydrogen (secondary N) is 2.